The van der Waals surface area contributed by atoms with Crippen molar-refractivity contribution in [2.75, 3.05) is 12.8 Å². The predicted molar refractivity (Wildman–Crippen MR) is 72.6 cm³/mol. The first-order valence-electron chi connectivity index (χ1n) is 6.00. The lowest BCUT2D eigenvalue weighted by molar-refractivity contribution is 0.360. The van der Waals surface area contributed by atoms with Gasteiger partial charge in [-0.2, -0.15) is 10.1 Å². The summed E-state index contributed by atoms with van der Waals surface area (Å²) in [6, 6.07) is 2.31. The van der Waals surface area contributed by atoms with E-state index in [1.54, 1.807) is 7.05 Å². The zero-order valence-corrected chi connectivity index (χ0v) is 11.3. The normalized spacial score (nSPS) is 11.0. The third-order valence-electron chi connectivity index (χ3n) is 3.07. The molecule has 0 amide bonds. The number of ether oxygens (including phenoxy) is 1. The van der Waals surface area contributed by atoms with E-state index in [0.717, 1.165) is 12.1 Å². The zero-order valence-electron chi connectivity index (χ0n) is 11.3. The molecule has 0 unspecified atom stereocenters. The molecule has 2 N–H and O–H groups in total. The van der Waals surface area contributed by atoms with E-state index in [1.807, 2.05) is 0 Å². The highest BCUT2D eigenvalue weighted by Crippen LogP contribution is 2.31. The van der Waals surface area contributed by atoms with E-state index in [4.69, 9.17) is 5.73 Å². The van der Waals surface area contributed by atoms with Gasteiger partial charge in [0.25, 0.3) is 0 Å². The zero-order chi connectivity index (χ0) is 15.1. The number of halogens is 2. The van der Waals surface area contributed by atoms with Crippen LogP contribution in [0, 0.1) is 11.6 Å². The summed E-state index contributed by atoms with van der Waals surface area (Å²) >= 11 is 0. The molecule has 0 atom stereocenters. The number of aryl methyl sites for hydroxylation is 1. The van der Waals surface area contributed by atoms with Crippen molar-refractivity contribution in [3.63, 3.8) is 0 Å². The molecule has 8 heteroatoms. The topological polar surface area (TPSA) is 78.8 Å². The Hall–Kier alpha value is -2.77. The number of nitrogen functional groups attached to an aromatic ring is 1. The largest absolute Gasteiger partial charge is 0.491 e. The lowest BCUT2D eigenvalue weighted by Crippen LogP contribution is -1.97. The van der Waals surface area contributed by atoms with Gasteiger partial charge in [0.1, 0.15) is 5.69 Å². The van der Waals surface area contributed by atoms with Gasteiger partial charge < -0.3 is 10.5 Å². The van der Waals surface area contributed by atoms with Crippen molar-refractivity contribution in [1.29, 1.82) is 0 Å². The number of nitrogens with two attached hydrogens (primary N) is 1. The summed E-state index contributed by atoms with van der Waals surface area (Å²) in [5, 5.41) is 4.77. The molecule has 2 aromatic heterocycles. The van der Waals surface area contributed by atoms with Crippen LogP contribution in [0.15, 0.2) is 18.3 Å². The first-order chi connectivity index (χ1) is 10.0. The first kappa shape index (κ1) is 13.2. The number of benzene rings is 1. The Kier molecular flexibility index (Phi) is 2.93. The van der Waals surface area contributed by atoms with E-state index in [1.165, 1.54) is 18.0 Å². The highest BCUT2D eigenvalue weighted by molar-refractivity contribution is 5.91. The van der Waals surface area contributed by atoms with Gasteiger partial charge in [-0.25, -0.2) is 18.4 Å². The van der Waals surface area contributed by atoms with Gasteiger partial charge in [-0.05, 0) is 12.1 Å². The average molecular weight is 291 g/mol. The summed E-state index contributed by atoms with van der Waals surface area (Å²) in [6.45, 7) is 0. The Morgan fingerprint density at radius 1 is 1.24 bits per heavy atom. The molecular weight excluding hydrogens is 280 g/mol. The van der Waals surface area contributed by atoms with Crippen molar-refractivity contribution in [3.8, 4) is 17.0 Å². The molecule has 3 aromatic rings. The molecule has 2 heterocycles. The Morgan fingerprint density at radius 3 is 2.52 bits per heavy atom. The van der Waals surface area contributed by atoms with Crippen molar-refractivity contribution < 1.29 is 13.5 Å². The fourth-order valence-electron chi connectivity index (χ4n) is 2.16. The smallest absolute Gasteiger partial charge is 0.222 e. The third kappa shape index (κ3) is 2.04. The van der Waals surface area contributed by atoms with E-state index in [9.17, 15) is 8.78 Å². The third-order valence-corrected chi connectivity index (χ3v) is 3.07. The number of hydrogen-bond acceptors (Lipinski definition) is 5. The number of nitrogens with zero attached hydrogens (tertiary/aromatic N) is 4. The van der Waals surface area contributed by atoms with Gasteiger partial charge in [-0.3, -0.25) is 0 Å². The van der Waals surface area contributed by atoms with Crippen LogP contribution in [0.5, 0.6) is 5.75 Å². The number of methoxy groups -OCH3 is 1. The van der Waals surface area contributed by atoms with Crippen molar-refractivity contribution in [1.82, 2.24) is 19.7 Å². The Bertz CT molecular complexity index is 823. The van der Waals surface area contributed by atoms with Gasteiger partial charge in [-0.1, -0.05) is 0 Å². The standard InChI is InChI=1S/C13H11F2N5O/c1-20-12-7(5-17-13(16)18-12)10(19-20)6-3-8(14)11(21-2)9(15)4-6/h3-5H,1-2H3,(H2,16,17,18). The lowest BCUT2D eigenvalue weighted by atomic mass is 10.1. The van der Waals surface area contributed by atoms with Gasteiger partial charge in [0.15, 0.2) is 23.0 Å². The second kappa shape index (κ2) is 4.65. The summed E-state index contributed by atoms with van der Waals surface area (Å²) in [4.78, 5) is 7.94. The van der Waals surface area contributed by atoms with Crippen molar-refractivity contribution >= 4 is 17.0 Å². The van der Waals surface area contributed by atoms with E-state index < -0.39 is 17.4 Å². The number of hydrogen-bond donors (Lipinski definition) is 1. The maximum absolute atomic E-state index is 13.8. The van der Waals surface area contributed by atoms with Crippen LogP contribution >= 0.6 is 0 Å². The summed E-state index contributed by atoms with van der Waals surface area (Å²) < 4.78 is 33.8. The monoisotopic (exact) mass is 291 g/mol. The van der Waals surface area contributed by atoms with Crippen LogP contribution in [0.25, 0.3) is 22.3 Å². The highest BCUT2D eigenvalue weighted by atomic mass is 19.1. The second-order valence-electron chi connectivity index (χ2n) is 4.41. The number of anilines is 1. The quantitative estimate of drug-likeness (QED) is 0.780. The molecule has 0 spiro atoms. The first-order valence-corrected chi connectivity index (χ1v) is 6.00. The number of fused-ring (bicyclic) bond motifs is 1. The van der Waals surface area contributed by atoms with Gasteiger partial charge >= 0.3 is 0 Å². The summed E-state index contributed by atoms with van der Waals surface area (Å²) in [7, 11) is 2.86. The Balaban J connectivity index is 2.26. The molecule has 0 aliphatic heterocycles. The maximum Gasteiger partial charge on any atom is 0.222 e. The number of aromatic nitrogens is 4. The van der Waals surface area contributed by atoms with Crippen LogP contribution in [0.1, 0.15) is 0 Å². The van der Waals surface area contributed by atoms with Crippen LogP contribution in [0.2, 0.25) is 0 Å². The molecule has 0 saturated carbocycles. The SMILES string of the molecule is COc1c(F)cc(-c2nn(C)c3nc(N)ncc23)cc1F. The minimum absolute atomic E-state index is 0.101. The minimum atomic E-state index is -0.803. The van der Waals surface area contributed by atoms with E-state index >= 15 is 0 Å². The molecule has 21 heavy (non-hydrogen) atoms. The van der Waals surface area contributed by atoms with Gasteiger partial charge in [0.2, 0.25) is 5.95 Å². The molecule has 0 saturated heterocycles. The van der Waals surface area contributed by atoms with Gasteiger partial charge in [0.05, 0.1) is 12.5 Å². The molecular formula is C13H11F2N5O. The van der Waals surface area contributed by atoms with E-state index in [2.05, 4.69) is 19.8 Å². The van der Waals surface area contributed by atoms with Gasteiger partial charge in [-0.15, -0.1) is 0 Å². The fourth-order valence-corrected chi connectivity index (χ4v) is 2.16. The van der Waals surface area contributed by atoms with E-state index in [0.29, 0.717) is 16.7 Å². The van der Waals surface area contributed by atoms with Gasteiger partial charge in [0, 0.05) is 18.8 Å². The second-order valence-corrected chi connectivity index (χ2v) is 4.41. The molecule has 0 fully saturated rings. The van der Waals surface area contributed by atoms with Crippen LogP contribution in [0.3, 0.4) is 0 Å². The summed E-state index contributed by atoms with van der Waals surface area (Å²) in [6.07, 6.45) is 1.47. The van der Waals surface area contributed by atoms with Crippen molar-refractivity contribution in [2.24, 2.45) is 7.05 Å². The predicted octanol–water partition coefficient (Wildman–Crippen LogP) is 1.90. The fraction of sp³-hybridized carbons (Fsp3) is 0.154. The van der Waals surface area contributed by atoms with Crippen molar-refractivity contribution in [3.05, 3.63) is 30.0 Å². The summed E-state index contributed by atoms with van der Waals surface area (Å²) in [5.41, 5.74) is 6.64. The van der Waals surface area contributed by atoms with Crippen LogP contribution in [-0.2, 0) is 7.05 Å². The van der Waals surface area contributed by atoms with Crippen LogP contribution in [0.4, 0.5) is 14.7 Å². The molecule has 3 rings (SSSR count). The number of rotatable bonds is 2. The van der Waals surface area contributed by atoms with Crippen molar-refractivity contribution in [2.45, 2.75) is 0 Å². The Labute approximate surface area is 118 Å². The van der Waals surface area contributed by atoms with E-state index in [-0.39, 0.29) is 11.5 Å². The Morgan fingerprint density at radius 2 is 1.90 bits per heavy atom. The molecule has 0 bridgehead atoms. The van der Waals surface area contributed by atoms with Crippen LogP contribution < -0.4 is 10.5 Å². The minimum Gasteiger partial charge on any atom is -0.491 e. The molecule has 6 nitrogen and oxygen atoms in total. The average Bonchev–Trinajstić information content (AvgIpc) is 2.75. The molecule has 0 aliphatic rings. The molecule has 0 aliphatic carbocycles. The lowest BCUT2D eigenvalue weighted by Gasteiger charge is -2.05. The molecule has 108 valence electrons. The highest BCUT2D eigenvalue weighted by Gasteiger charge is 2.17. The summed E-state index contributed by atoms with van der Waals surface area (Å²) in [5.74, 6) is -1.94. The van der Waals surface area contributed by atoms with Crippen LogP contribution in [-0.4, -0.2) is 26.9 Å². The molecule has 0 radical (unpaired) electrons. The molecule has 1 aromatic carbocycles. The maximum atomic E-state index is 13.8.